The summed E-state index contributed by atoms with van der Waals surface area (Å²) in [6.45, 7) is 4.62. The summed E-state index contributed by atoms with van der Waals surface area (Å²) in [6.07, 6.45) is 3.25. The van der Waals surface area contributed by atoms with Crippen molar-refractivity contribution >= 4 is 40.7 Å². The van der Waals surface area contributed by atoms with Gasteiger partial charge in [-0.2, -0.15) is 5.10 Å². The number of likely N-dealkylation sites (N-methyl/N-ethyl adjacent to an activating group) is 1. The summed E-state index contributed by atoms with van der Waals surface area (Å²) in [5.41, 5.74) is 4.09. The number of fused-ring (bicyclic) bond motifs is 1. The summed E-state index contributed by atoms with van der Waals surface area (Å²) in [6, 6.07) is 22.4. The molecule has 6 N–H and O–H groups in total. The molecule has 0 saturated carbocycles. The van der Waals surface area contributed by atoms with Crippen molar-refractivity contribution < 1.29 is 19.5 Å². The van der Waals surface area contributed by atoms with Crippen molar-refractivity contribution in [2.75, 3.05) is 43.2 Å². The highest BCUT2D eigenvalue weighted by Crippen LogP contribution is 2.41. The highest BCUT2D eigenvalue weighted by Gasteiger charge is 2.44. The second-order valence-corrected chi connectivity index (χ2v) is 12.1. The minimum atomic E-state index is -0.681. The van der Waals surface area contributed by atoms with Crippen molar-refractivity contribution in [2.45, 2.75) is 32.0 Å². The first-order valence-electron chi connectivity index (χ1n) is 15.3. The van der Waals surface area contributed by atoms with E-state index >= 15 is 0 Å². The van der Waals surface area contributed by atoms with Crippen LogP contribution in [0.2, 0.25) is 0 Å². The average molecular weight is 637 g/mol. The van der Waals surface area contributed by atoms with Gasteiger partial charge in [0.1, 0.15) is 0 Å². The van der Waals surface area contributed by atoms with Crippen molar-refractivity contribution in [1.29, 1.82) is 0 Å². The number of amides is 4. The van der Waals surface area contributed by atoms with Crippen molar-refractivity contribution in [3.05, 3.63) is 113 Å². The lowest BCUT2D eigenvalue weighted by Gasteiger charge is -2.33. The van der Waals surface area contributed by atoms with Gasteiger partial charge in [-0.15, -0.1) is 0 Å². The lowest BCUT2D eigenvalue weighted by molar-refractivity contribution is -0.111. The van der Waals surface area contributed by atoms with Gasteiger partial charge in [-0.1, -0.05) is 42.5 Å². The predicted octanol–water partition coefficient (Wildman–Crippen LogP) is 4.96. The van der Waals surface area contributed by atoms with Crippen LogP contribution in [0, 0.1) is 0 Å². The molecule has 0 fully saturated rings. The normalized spacial score (nSPS) is 14.1. The summed E-state index contributed by atoms with van der Waals surface area (Å²) in [4.78, 5) is 42.2. The topological polar surface area (TPSA) is 155 Å². The molecule has 1 aliphatic rings. The van der Waals surface area contributed by atoms with Gasteiger partial charge >= 0.3 is 6.03 Å². The third kappa shape index (κ3) is 7.86. The number of aliphatic hydroxyl groups is 1. The number of nitrogens with one attached hydrogen (secondary N) is 5. The molecule has 12 nitrogen and oxygen atoms in total. The van der Waals surface area contributed by atoms with Gasteiger partial charge < -0.3 is 36.2 Å². The van der Waals surface area contributed by atoms with Gasteiger partial charge in [0.15, 0.2) is 5.82 Å². The fraction of sp³-hybridized carbons (Fsp3) is 0.257. The fourth-order valence-corrected chi connectivity index (χ4v) is 5.37. The van der Waals surface area contributed by atoms with Crippen molar-refractivity contribution in [3.63, 3.8) is 0 Å². The number of aromatic nitrogens is 2. The number of aromatic amines is 1. The minimum absolute atomic E-state index is 0.227. The van der Waals surface area contributed by atoms with E-state index in [0.29, 0.717) is 41.5 Å². The first-order valence-corrected chi connectivity index (χ1v) is 15.3. The Morgan fingerprint density at radius 3 is 2.40 bits per heavy atom. The van der Waals surface area contributed by atoms with Gasteiger partial charge in [-0.25, -0.2) is 4.79 Å². The molecular formula is C35H40N8O4. The van der Waals surface area contributed by atoms with Gasteiger partial charge in [0.25, 0.3) is 5.91 Å². The van der Waals surface area contributed by atoms with Crippen LogP contribution in [0.4, 0.5) is 27.7 Å². The standard InChI is InChI=1S/C35H40N8O4/c1-35(2)31-28(21-43(35)34(47)39-29(22-44)23-10-6-5-7-11-23)32(41-40-31)37-26-12-8-13-27(20-26)38-33(46)24-15-17-25(18-16-24)36-30(45)14-9-19-42(3)4/h5-18,20,29,44H,19,21-22H2,1-4H3,(H,36,45)(H,38,46)(H,39,47)(H2,37,40,41)/b14-9+/t29-/m1/s1. The van der Waals surface area contributed by atoms with Gasteiger partial charge in [-0.05, 0) is 76.0 Å². The summed E-state index contributed by atoms with van der Waals surface area (Å²) in [5.74, 6) is 0.0309. The van der Waals surface area contributed by atoms with Crippen LogP contribution in [0.3, 0.4) is 0 Å². The Hall–Kier alpha value is -5.46. The van der Waals surface area contributed by atoms with E-state index < -0.39 is 11.6 Å². The number of carbonyl (C=O) groups excluding carboxylic acids is 3. The van der Waals surface area contributed by atoms with E-state index in [2.05, 4.69) is 31.5 Å². The molecule has 1 aromatic heterocycles. The summed E-state index contributed by atoms with van der Waals surface area (Å²) in [7, 11) is 3.84. The highest BCUT2D eigenvalue weighted by molar-refractivity contribution is 6.05. The molecule has 244 valence electrons. The van der Waals surface area contributed by atoms with Crippen LogP contribution < -0.4 is 21.3 Å². The van der Waals surface area contributed by atoms with E-state index in [-0.39, 0.29) is 24.5 Å². The molecule has 1 aliphatic heterocycles. The number of hydrogen-bond donors (Lipinski definition) is 6. The number of nitrogens with zero attached hydrogens (tertiary/aromatic N) is 3. The third-order valence-corrected chi connectivity index (χ3v) is 7.93. The number of hydrogen-bond acceptors (Lipinski definition) is 7. The first-order chi connectivity index (χ1) is 22.5. The van der Waals surface area contributed by atoms with Crippen LogP contribution in [0.15, 0.2) is 91.0 Å². The molecule has 1 atom stereocenters. The zero-order valence-electron chi connectivity index (χ0n) is 26.9. The minimum Gasteiger partial charge on any atom is -0.394 e. The molecule has 2 heterocycles. The number of urea groups is 1. The van der Waals surface area contributed by atoms with Gasteiger partial charge in [-0.3, -0.25) is 14.7 Å². The Bertz CT molecular complexity index is 1750. The Labute approximate surface area is 273 Å². The molecular weight excluding hydrogens is 596 g/mol. The molecule has 3 aromatic carbocycles. The number of carbonyl (C=O) groups is 3. The van der Waals surface area contributed by atoms with Crippen molar-refractivity contribution in [1.82, 2.24) is 25.3 Å². The first kappa shape index (κ1) is 32.9. The monoisotopic (exact) mass is 636 g/mol. The fourth-order valence-electron chi connectivity index (χ4n) is 5.37. The summed E-state index contributed by atoms with van der Waals surface area (Å²) in [5, 5.41) is 29.5. The van der Waals surface area contributed by atoms with Crippen LogP contribution in [0.1, 0.15) is 47.1 Å². The zero-order valence-corrected chi connectivity index (χ0v) is 26.9. The highest BCUT2D eigenvalue weighted by atomic mass is 16.3. The van der Waals surface area contributed by atoms with Crippen molar-refractivity contribution in [3.8, 4) is 0 Å². The second-order valence-electron chi connectivity index (χ2n) is 12.1. The number of anilines is 4. The lowest BCUT2D eigenvalue weighted by atomic mass is 10.0. The summed E-state index contributed by atoms with van der Waals surface area (Å²) < 4.78 is 0. The van der Waals surface area contributed by atoms with Gasteiger partial charge in [0.05, 0.1) is 30.4 Å². The molecule has 12 heteroatoms. The average Bonchev–Trinajstić information content (AvgIpc) is 3.57. The van der Waals surface area contributed by atoms with E-state index in [1.807, 2.05) is 75.3 Å². The Balaban J connectivity index is 1.21. The molecule has 0 bridgehead atoms. The molecule has 0 unspecified atom stereocenters. The van der Waals surface area contributed by atoms with Gasteiger partial charge in [0.2, 0.25) is 5.91 Å². The van der Waals surface area contributed by atoms with Crippen LogP contribution in [-0.4, -0.2) is 70.2 Å². The van der Waals surface area contributed by atoms with Gasteiger partial charge in [0, 0.05) is 40.8 Å². The quantitative estimate of drug-likeness (QED) is 0.127. The molecule has 0 radical (unpaired) electrons. The smallest absolute Gasteiger partial charge is 0.319 e. The molecule has 4 aromatic rings. The maximum Gasteiger partial charge on any atom is 0.319 e. The van der Waals surface area contributed by atoms with E-state index in [1.54, 1.807) is 47.4 Å². The van der Waals surface area contributed by atoms with E-state index in [9.17, 15) is 19.5 Å². The van der Waals surface area contributed by atoms with E-state index in [1.165, 1.54) is 6.08 Å². The van der Waals surface area contributed by atoms with E-state index in [0.717, 1.165) is 16.8 Å². The molecule has 5 rings (SSSR count). The molecule has 0 spiro atoms. The number of H-pyrrole nitrogens is 1. The Morgan fingerprint density at radius 1 is 0.979 bits per heavy atom. The Morgan fingerprint density at radius 2 is 1.70 bits per heavy atom. The third-order valence-electron chi connectivity index (χ3n) is 7.93. The maximum absolute atomic E-state index is 13.4. The van der Waals surface area contributed by atoms with Crippen LogP contribution in [-0.2, 0) is 16.9 Å². The molecule has 0 saturated heterocycles. The van der Waals surface area contributed by atoms with Crippen LogP contribution in [0.5, 0.6) is 0 Å². The molecule has 4 amide bonds. The SMILES string of the molecule is CN(C)C/C=C/C(=O)Nc1ccc(C(=O)Nc2cccc(Nc3n[nH]c4c3CN(C(=O)N[C@H](CO)c3ccccc3)C4(C)C)c2)cc1. The largest absolute Gasteiger partial charge is 0.394 e. The summed E-state index contributed by atoms with van der Waals surface area (Å²) >= 11 is 0. The van der Waals surface area contributed by atoms with Crippen molar-refractivity contribution in [2.24, 2.45) is 0 Å². The number of rotatable bonds is 11. The number of benzene rings is 3. The zero-order chi connectivity index (χ0) is 33.6. The maximum atomic E-state index is 13.4. The van der Waals surface area contributed by atoms with Crippen LogP contribution in [0.25, 0.3) is 0 Å². The second kappa shape index (κ2) is 14.3. The lowest BCUT2D eigenvalue weighted by Crippen LogP contribution is -2.47. The van der Waals surface area contributed by atoms with E-state index in [4.69, 9.17) is 0 Å². The Kier molecular flexibility index (Phi) is 10.0. The number of aliphatic hydroxyl groups excluding tert-OH is 1. The van der Waals surface area contributed by atoms with Crippen LogP contribution >= 0.6 is 0 Å². The predicted molar refractivity (Wildman–Crippen MR) is 182 cm³/mol. The molecule has 47 heavy (non-hydrogen) atoms. The molecule has 0 aliphatic carbocycles.